The van der Waals surface area contributed by atoms with Gasteiger partial charge in [-0.15, -0.1) is 0 Å². The Hall–Kier alpha value is -2.93. The predicted octanol–water partition coefficient (Wildman–Crippen LogP) is 4.54. The van der Waals surface area contributed by atoms with Crippen LogP contribution >= 0.6 is 0 Å². The number of rotatable bonds is 4. The molecule has 0 saturated carbocycles. The maximum atomic E-state index is 5.18. The Morgan fingerprint density at radius 3 is 2.41 bits per heavy atom. The van der Waals surface area contributed by atoms with Crippen LogP contribution in [-0.4, -0.2) is 61.7 Å². The lowest BCUT2D eigenvalue weighted by Crippen LogP contribution is -2.49. The van der Waals surface area contributed by atoms with Gasteiger partial charge in [0.1, 0.15) is 12.1 Å². The van der Waals surface area contributed by atoms with Gasteiger partial charge < -0.3 is 9.88 Å². The maximum absolute atomic E-state index is 5.18. The van der Waals surface area contributed by atoms with Crippen LogP contribution in [0, 0.1) is 13.8 Å². The van der Waals surface area contributed by atoms with Crippen molar-refractivity contribution in [2.75, 3.05) is 31.1 Å². The quantitative estimate of drug-likeness (QED) is 0.514. The van der Waals surface area contributed by atoms with E-state index in [1.807, 2.05) is 4.52 Å². The summed E-state index contributed by atoms with van der Waals surface area (Å²) in [6.45, 7) is 17.5. The highest BCUT2D eigenvalue weighted by atomic mass is 15.3. The molecule has 0 atom stereocenters. The number of pyridine rings is 2. The monoisotopic (exact) mass is 431 g/mol. The van der Waals surface area contributed by atoms with Gasteiger partial charge in [-0.05, 0) is 56.9 Å². The summed E-state index contributed by atoms with van der Waals surface area (Å²) in [5.74, 6) is 1.42. The van der Waals surface area contributed by atoms with Crippen molar-refractivity contribution in [2.24, 2.45) is 0 Å². The average molecular weight is 432 g/mol. The van der Waals surface area contributed by atoms with Crippen LogP contribution in [0.1, 0.15) is 50.3 Å². The molecule has 1 saturated heterocycles. The van der Waals surface area contributed by atoms with E-state index in [1.165, 1.54) is 11.1 Å². The molecule has 0 amide bonds. The van der Waals surface area contributed by atoms with Crippen molar-refractivity contribution in [3.8, 4) is 11.3 Å². The summed E-state index contributed by atoms with van der Waals surface area (Å²) < 4.78 is 1.88. The summed E-state index contributed by atoms with van der Waals surface area (Å²) >= 11 is 0. The van der Waals surface area contributed by atoms with Gasteiger partial charge >= 0.3 is 0 Å². The minimum absolute atomic E-state index is 0.338. The molecule has 7 heteroatoms. The molecule has 0 unspecified atom stereocenters. The Labute approximate surface area is 189 Å². The van der Waals surface area contributed by atoms with Gasteiger partial charge in [-0.25, -0.2) is 14.5 Å². The predicted molar refractivity (Wildman–Crippen MR) is 131 cm³/mol. The fourth-order valence-electron chi connectivity index (χ4n) is 4.95. The smallest absolute Gasteiger partial charge is 0.158 e. The Morgan fingerprint density at radius 1 is 0.969 bits per heavy atom. The summed E-state index contributed by atoms with van der Waals surface area (Å²) in [4.78, 5) is 18.2. The molecule has 0 spiro atoms. The van der Waals surface area contributed by atoms with E-state index in [0.717, 1.165) is 65.5 Å². The SMILES string of the molecule is Cc1c(-c2[nH]c3ccc(N4CCN(C(C)C)CC4)nc3c2C(C)C)cn2ncnc2c1C. The first-order valence-corrected chi connectivity index (χ1v) is 11.7. The molecule has 1 aliphatic rings. The fraction of sp³-hybridized carbons (Fsp3) is 0.480. The summed E-state index contributed by atoms with van der Waals surface area (Å²) in [5, 5.41) is 4.39. The van der Waals surface area contributed by atoms with Crippen molar-refractivity contribution in [3.63, 3.8) is 0 Å². The summed E-state index contributed by atoms with van der Waals surface area (Å²) in [7, 11) is 0. The van der Waals surface area contributed by atoms with E-state index >= 15 is 0 Å². The van der Waals surface area contributed by atoms with Crippen LogP contribution < -0.4 is 4.90 Å². The fourth-order valence-corrected chi connectivity index (χ4v) is 4.95. The molecule has 4 aromatic heterocycles. The van der Waals surface area contributed by atoms with E-state index in [1.54, 1.807) is 6.33 Å². The number of hydrogen-bond donors (Lipinski definition) is 1. The zero-order chi connectivity index (χ0) is 22.6. The molecule has 1 N–H and O–H groups in total. The molecule has 1 fully saturated rings. The molecular formula is C25H33N7. The Bertz CT molecular complexity index is 1270. The molecule has 0 radical (unpaired) electrons. The number of anilines is 1. The number of piperazine rings is 1. The lowest BCUT2D eigenvalue weighted by atomic mass is 9.95. The van der Waals surface area contributed by atoms with Crippen molar-refractivity contribution in [1.82, 2.24) is 29.5 Å². The third-order valence-corrected chi connectivity index (χ3v) is 7.01. The normalized spacial score (nSPS) is 15.7. The minimum atomic E-state index is 0.338. The second-order valence-electron chi connectivity index (χ2n) is 9.57. The van der Waals surface area contributed by atoms with E-state index in [2.05, 4.69) is 84.7 Å². The van der Waals surface area contributed by atoms with E-state index in [0.29, 0.717) is 12.0 Å². The highest BCUT2D eigenvalue weighted by molar-refractivity contribution is 5.90. The average Bonchev–Trinajstić information content (AvgIpc) is 3.40. The maximum Gasteiger partial charge on any atom is 0.158 e. The van der Waals surface area contributed by atoms with Gasteiger partial charge in [0.05, 0.1) is 16.7 Å². The van der Waals surface area contributed by atoms with Gasteiger partial charge in [0.25, 0.3) is 0 Å². The molecule has 168 valence electrons. The second kappa shape index (κ2) is 7.89. The van der Waals surface area contributed by atoms with E-state index in [9.17, 15) is 0 Å². The zero-order valence-corrected chi connectivity index (χ0v) is 20.0. The van der Waals surface area contributed by atoms with Gasteiger partial charge in [0.2, 0.25) is 0 Å². The molecular weight excluding hydrogens is 398 g/mol. The molecule has 0 bridgehead atoms. The minimum Gasteiger partial charge on any atom is -0.354 e. The van der Waals surface area contributed by atoms with Crippen LogP contribution in [0.25, 0.3) is 27.9 Å². The molecule has 32 heavy (non-hydrogen) atoms. The second-order valence-corrected chi connectivity index (χ2v) is 9.57. The first-order valence-electron chi connectivity index (χ1n) is 11.7. The summed E-state index contributed by atoms with van der Waals surface area (Å²) in [6, 6.07) is 4.95. The highest BCUT2D eigenvalue weighted by Crippen LogP contribution is 2.37. The van der Waals surface area contributed by atoms with Crippen LogP contribution in [0.3, 0.4) is 0 Å². The number of hydrogen-bond acceptors (Lipinski definition) is 5. The van der Waals surface area contributed by atoms with Gasteiger partial charge in [-0.2, -0.15) is 5.10 Å². The molecule has 1 aliphatic heterocycles. The number of fused-ring (bicyclic) bond motifs is 2. The number of nitrogens with one attached hydrogen (secondary N) is 1. The number of nitrogens with zero attached hydrogens (tertiary/aromatic N) is 6. The van der Waals surface area contributed by atoms with Crippen LogP contribution in [0.4, 0.5) is 5.82 Å². The molecule has 5 heterocycles. The molecule has 4 aromatic rings. The van der Waals surface area contributed by atoms with E-state index in [4.69, 9.17) is 4.98 Å². The van der Waals surface area contributed by atoms with Crippen LogP contribution in [0.2, 0.25) is 0 Å². The Morgan fingerprint density at radius 2 is 1.72 bits per heavy atom. The third kappa shape index (κ3) is 3.35. The summed E-state index contributed by atoms with van der Waals surface area (Å²) in [5.41, 5.74) is 9.03. The van der Waals surface area contributed by atoms with Crippen LogP contribution in [0.15, 0.2) is 24.7 Å². The number of H-pyrrole nitrogens is 1. The third-order valence-electron chi connectivity index (χ3n) is 7.01. The zero-order valence-electron chi connectivity index (χ0n) is 20.0. The number of aromatic nitrogens is 5. The van der Waals surface area contributed by atoms with Crippen LogP contribution in [0.5, 0.6) is 0 Å². The molecule has 5 rings (SSSR count). The van der Waals surface area contributed by atoms with Crippen LogP contribution in [-0.2, 0) is 0 Å². The topological polar surface area (TPSA) is 65.4 Å². The Balaban J connectivity index is 1.60. The van der Waals surface area contributed by atoms with Gasteiger partial charge in [0.15, 0.2) is 5.65 Å². The molecule has 0 aliphatic carbocycles. The molecule has 0 aromatic carbocycles. The van der Waals surface area contributed by atoms with Gasteiger partial charge in [-0.3, -0.25) is 4.90 Å². The first-order chi connectivity index (χ1) is 15.3. The molecule has 7 nitrogen and oxygen atoms in total. The largest absolute Gasteiger partial charge is 0.354 e. The van der Waals surface area contributed by atoms with Crippen molar-refractivity contribution in [3.05, 3.63) is 41.3 Å². The first kappa shape index (κ1) is 20.9. The van der Waals surface area contributed by atoms with Gasteiger partial charge in [0, 0.05) is 49.5 Å². The van der Waals surface area contributed by atoms with Gasteiger partial charge in [-0.1, -0.05) is 13.8 Å². The van der Waals surface area contributed by atoms with E-state index < -0.39 is 0 Å². The number of aryl methyl sites for hydroxylation is 1. The number of aromatic amines is 1. The van der Waals surface area contributed by atoms with Crippen molar-refractivity contribution in [1.29, 1.82) is 0 Å². The standard InChI is InChI=1S/C25H33N7/c1-15(2)22-23(19-13-32-25(26-14-27-32)18(6)17(19)5)28-20-7-8-21(29-24(20)22)31-11-9-30(10-12-31)16(3)4/h7-8,13-16,28H,9-12H2,1-6H3. The lowest BCUT2D eigenvalue weighted by Gasteiger charge is -2.37. The highest BCUT2D eigenvalue weighted by Gasteiger charge is 2.23. The Kier molecular flexibility index (Phi) is 5.16. The van der Waals surface area contributed by atoms with Crippen molar-refractivity contribution < 1.29 is 0 Å². The lowest BCUT2D eigenvalue weighted by molar-refractivity contribution is 0.209. The van der Waals surface area contributed by atoms with E-state index in [-0.39, 0.29) is 0 Å². The summed E-state index contributed by atoms with van der Waals surface area (Å²) in [6.07, 6.45) is 3.71. The van der Waals surface area contributed by atoms with Crippen molar-refractivity contribution >= 4 is 22.5 Å². The van der Waals surface area contributed by atoms with Crippen molar-refractivity contribution in [2.45, 2.75) is 53.5 Å².